The second-order valence-electron chi connectivity index (χ2n) is 12.6. The molecule has 0 atom stereocenters. The summed E-state index contributed by atoms with van der Waals surface area (Å²) in [5, 5.41) is 0. The van der Waals surface area contributed by atoms with Crippen molar-refractivity contribution in [3.8, 4) is 44.9 Å². The highest BCUT2D eigenvalue weighted by Gasteiger charge is 2.35. The zero-order valence-corrected chi connectivity index (χ0v) is 26.6. The molecular formula is C45H35NO. The summed E-state index contributed by atoms with van der Waals surface area (Å²) in [6, 6.07) is 62.5. The molecule has 226 valence electrons. The number of nitrogens with zero attached hydrogens (tertiary/aromatic N) is 1. The summed E-state index contributed by atoms with van der Waals surface area (Å²) in [6.07, 6.45) is 0. The third kappa shape index (κ3) is 5.28. The summed E-state index contributed by atoms with van der Waals surface area (Å²) < 4.78 is 6.60. The maximum atomic E-state index is 6.60. The van der Waals surface area contributed by atoms with E-state index in [-0.39, 0.29) is 5.41 Å². The van der Waals surface area contributed by atoms with E-state index in [1.165, 1.54) is 33.4 Å². The minimum atomic E-state index is -0.158. The molecule has 0 unspecified atom stereocenters. The minimum absolute atomic E-state index is 0.158. The van der Waals surface area contributed by atoms with Gasteiger partial charge in [-0.2, -0.15) is 0 Å². The van der Waals surface area contributed by atoms with Crippen LogP contribution < -0.4 is 9.64 Å². The number of ether oxygens (including phenoxy) is 1. The Morgan fingerprint density at radius 3 is 1.34 bits per heavy atom. The lowest BCUT2D eigenvalue weighted by Crippen LogP contribution is -2.24. The fourth-order valence-electron chi connectivity index (χ4n) is 6.80. The summed E-state index contributed by atoms with van der Waals surface area (Å²) in [4.78, 5) is 2.32. The van der Waals surface area contributed by atoms with Crippen molar-refractivity contribution in [3.05, 3.63) is 187 Å². The first-order valence-electron chi connectivity index (χ1n) is 16.2. The van der Waals surface area contributed by atoms with E-state index >= 15 is 0 Å². The van der Waals surface area contributed by atoms with Gasteiger partial charge >= 0.3 is 0 Å². The Balaban J connectivity index is 1.18. The highest BCUT2D eigenvalue weighted by atomic mass is 16.5. The molecule has 0 fully saturated rings. The van der Waals surface area contributed by atoms with Crippen LogP contribution in [0.5, 0.6) is 11.5 Å². The van der Waals surface area contributed by atoms with Gasteiger partial charge in [-0.15, -0.1) is 0 Å². The van der Waals surface area contributed by atoms with Crippen LogP contribution in [0.25, 0.3) is 33.4 Å². The molecule has 1 heterocycles. The Morgan fingerprint density at radius 1 is 0.383 bits per heavy atom. The maximum Gasteiger partial charge on any atom is 0.139 e. The van der Waals surface area contributed by atoms with Crippen LogP contribution in [0.3, 0.4) is 0 Å². The Hall–Kier alpha value is -5.86. The molecule has 0 radical (unpaired) electrons. The predicted octanol–water partition coefficient (Wildman–Crippen LogP) is 12.6. The van der Waals surface area contributed by atoms with E-state index in [1.807, 2.05) is 6.07 Å². The van der Waals surface area contributed by atoms with Gasteiger partial charge in [0.15, 0.2) is 0 Å². The molecule has 0 saturated heterocycles. The van der Waals surface area contributed by atoms with Crippen molar-refractivity contribution in [3.63, 3.8) is 0 Å². The van der Waals surface area contributed by atoms with Crippen LogP contribution in [0.1, 0.15) is 25.0 Å². The first-order chi connectivity index (χ1) is 23.1. The van der Waals surface area contributed by atoms with E-state index in [4.69, 9.17) is 4.74 Å². The van der Waals surface area contributed by atoms with Gasteiger partial charge in [0.2, 0.25) is 0 Å². The average Bonchev–Trinajstić information content (AvgIpc) is 3.13. The largest absolute Gasteiger partial charge is 0.456 e. The molecule has 0 bridgehead atoms. The molecule has 0 N–H and O–H groups in total. The van der Waals surface area contributed by atoms with Gasteiger partial charge in [0.25, 0.3) is 0 Å². The highest BCUT2D eigenvalue weighted by molar-refractivity contribution is 5.82. The van der Waals surface area contributed by atoms with Crippen LogP contribution in [-0.4, -0.2) is 0 Å². The summed E-state index contributed by atoms with van der Waals surface area (Å²) in [6.45, 7) is 4.56. The van der Waals surface area contributed by atoms with E-state index in [0.717, 1.165) is 39.7 Å². The van der Waals surface area contributed by atoms with Crippen LogP contribution >= 0.6 is 0 Å². The molecule has 47 heavy (non-hydrogen) atoms. The zero-order valence-electron chi connectivity index (χ0n) is 26.6. The van der Waals surface area contributed by atoms with Crippen molar-refractivity contribution in [2.75, 3.05) is 4.90 Å². The topological polar surface area (TPSA) is 12.5 Å². The number of fused-ring (bicyclic) bond motifs is 2. The van der Waals surface area contributed by atoms with E-state index in [2.05, 4.69) is 189 Å². The summed E-state index contributed by atoms with van der Waals surface area (Å²) in [7, 11) is 0. The van der Waals surface area contributed by atoms with Crippen molar-refractivity contribution < 1.29 is 4.74 Å². The Bertz CT molecular complexity index is 2070. The van der Waals surface area contributed by atoms with Crippen molar-refractivity contribution >= 4 is 17.1 Å². The van der Waals surface area contributed by atoms with Crippen molar-refractivity contribution in [1.29, 1.82) is 0 Å². The number of hydrogen-bond donors (Lipinski definition) is 0. The van der Waals surface area contributed by atoms with Gasteiger partial charge in [0.1, 0.15) is 11.5 Å². The molecular weight excluding hydrogens is 571 g/mol. The van der Waals surface area contributed by atoms with Crippen molar-refractivity contribution in [1.82, 2.24) is 0 Å². The maximum absolute atomic E-state index is 6.60. The lowest BCUT2D eigenvalue weighted by atomic mass is 9.75. The molecule has 0 aromatic heterocycles. The fraction of sp³-hybridized carbons (Fsp3) is 0.0667. The second-order valence-corrected chi connectivity index (χ2v) is 12.6. The summed E-state index contributed by atoms with van der Waals surface area (Å²) in [5.41, 5.74) is 12.6. The molecule has 1 aliphatic rings. The molecule has 8 rings (SSSR count). The number of benzene rings is 7. The molecule has 0 saturated carbocycles. The van der Waals surface area contributed by atoms with Gasteiger partial charge in [-0.3, -0.25) is 0 Å². The highest BCUT2D eigenvalue weighted by Crippen LogP contribution is 2.51. The minimum Gasteiger partial charge on any atom is -0.456 e. The van der Waals surface area contributed by atoms with E-state index in [0.29, 0.717) is 0 Å². The van der Waals surface area contributed by atoms with Crippen molar-refractivity contribution in [2.45, 2.75) is 19.3 Å². The van der Waals surface area contributed by atoms with Crippen LogP contribution in [-0.2, 0) is 5.41 Å². The van der Waals surface area contributed by atoms with Gasteiger partial charge in [-0.25, -0.2) is 0 Å². The normalized spacial score (nSPS) is 12.8. The predicted molar refractivity (Wildman–Crippen MR) is 196 cm³/mol. The number of para-hydroxylation sites is 2. The molecule has 0 spiro atoms. The standard InChI is InChI=1S/C45H35NO/c1-45(2)41-17-9-10-19-43(41)47-44-40(16-11-18-42(44)45)36-24-30-39(31-25-36)46(37-26-20-34(21-27-37)32-12-5-3-6-13-32)38-28-22-35(23-29-38)33-14-7-4-8-15-33/h3-31H,1-2H3. The Morgan fingerprint density at radius 2 is 0.809 bits per heavy atom. The molecule has 0 amide bonds. The first kappa shape index (κ1) is 28.6. The molecule has 0 aliphatic carbocycles. The van der Waals surface area contributed by atoms with Gasteiger partial charge in [0.05, 0.1) is 0 Å². The molecule has 2 heteroatoms. The fourth-order valence-corrected chi connectivity index (χ4v) is 6.80. The van der Waals surface area contributed by atoms with Crippen LogP contribution in [0, 0.1) is 0 Å². The van der Waals surface area contributed by atoms with E-state index in [9.17, 15) is 0 Å². The monoisotopic (exact) mass is 605 g/mol. The lowest BCUT2D eigenvalue weighted by Gasteiger charge is -2.35. The van der Waals surface area contributed by atoms with Crippen LogP contribution in [0.2, 0.25) is 0 Å². The third-order valence-corrected chi connectivity index (χ3v) is 9.36. The quantitative estimate of drug-likeness (QED) is 0.187. The number of anilines is 3. The number of hydrogen-bond acceptors (Lipinski definition) is 2. The Kier molecular flexibility index (Phi) is 7.19. The van der Waals surface area contributed by atoms with Crippen LogP contribution in [0.15, 0.2) is 176 Å². The average molecular weight is 606 g/mol. The van der Waals surface area contributed by atoms with Gasteiger partial charge < -0.3 is 9.64 Å². The smallest absolute Gasteiger partial charge is 0.139 e. The lowest BCUT2D eigenvalue weighted by molar-refractivity contribution is 0.419. The Labute approximate surface area is 277 Å². The molecule has 2 nitrogen and oxygen atoms in total. The first-order valence-corrected chi connectivity index (χ1v) is 16.2. The molecule has 7 aromatic carbocycles. The summed E-state index contributed by atoms with van der Waals surface area (Å²) >= 11 is 0. The van der Waals surface area contributed by atoms with Gasteiger partial charge in [-0.05, 0) is 70.3 Å². The summed E-state index contributed by atoms with van der Waals surface area (Å²) in [5.74, 6) is 1.87. The van der Waals surface area contributed by atoms with Gasteiger partial charge in [0, 0.05) is 39.2 Å². The zero-order chi connectivity index (χ0) is 31.8. The molecule has 1 aliphatic heterocycles. The van der Waals surface area contributed by atoms with Gasteiger partial charge in [-0.1, -0.05) is 147 Å². The van der Waals surface area contributed by atoms with E-state index in [1.54, 1.807) is 0 Å². The SMILES string of the molecule is CC1(C)c2ccccc2Oc2c(-c3ccc(N(c4ccc(-c5ccccc5)cc4)c4ccc(-c5ccccc5)cc4)cc3)cccc21. The molecule has 7 aromatic rings. The van der Waals surface area contributed by atoms with E-state index < -0.39 is 0 Å². The van der Waals surface area contributed by atoms with Crippen molar-refractivity contribution in [2.24, 2.45) is 0 Å². The third-order valence-electron chi connectivity index (χ3n) is 9.36. The number of rotatable bonds is 6. The van der Waals surface area contributed by atoms with Crippen LogP contribution in [0.4, 0.5) is 17.1 Å². The second kappa shape index (κ2) is 11.8.